The summed E-state index contributed by atoms with van der Waals surface area (Å²) in [5, 5.41) is 5.27. The SMILES string of the molecule is CCOc1cc(O[C@@H]2C[C@H]3C(=O)N[C@]4(C(=O)NS(=O)(=O)C5CC5)C[C@H]4/C=C\CCCCC[C@H](NC(=O)C4(C)CC4)C(=O)N3C2)ccn1. The fourth-order valence-electron chi connectivity index (χ4n) is 6.48. The molecular formula is C33H45N5O8S. The number of aromatic nitrogens is 1. The minimum absolute atomic E-state index is 0.0748. The van der Waals surface area contributed by atoms with Crippen molar-refractivity contribution in [1.29, 1.82) is 0 Å². The number of amides is 4. The van der Waals surface area contributed by atoms with E-state index in [0.717, 1.165) is 32.1 Å². The van der Waals surface area contributed by atoms with Crippen molar-refractivity contribution >= 4 is 33.7 Å². The molecule has 3 heterocycles. The highest BCUT2D eigenvalue weighted by atomic mass is 32.2. The second kappa shape index (κ2) is 13.1. The molecule has 4 fully saturated rings. The summed E-state index contributed by atoms with van der Waals surface area (Å²) >= 11 is 0. The van der Waals surface area contributed by atoms with Crippen LogP contribution in [0.15, 0.2) is 30.5 Å². The van der Waals surface area contributed by atoms with E-state index >= 15 is 0 Å². The molecule has 256 valence electrons. The molecule has 3 aliphatic carbocycles. The van der Waals surface area contributed by atoms with Crippen molar-refractivity contribution < 1.29 is 37.1 Å². The normalized spacial score (nSPS) is 31.1. The quantitative estimate of drug-likeness (QED) is 0.333. The lowest BCUT2D eigenvalue weighted by atomic mass is 10.0. The number of sulfonamides is 1. The van der Waals surface area contributed by atoms with Crippen molar-refractivity contribution in [2.45, 2.75) is 113 Å². The third kappa shape index (κ3) is 7.42. The number of ether oxygens (including phenoxy) is 2. The minimum atomic E-state index is -3.85. The van der Waals surface area contributed by atoms with Crippen molar-refractivity contribution in [2.75, 3.05) is 13.2 Å². The van der Waals surface area contributed by atoms with E-state index < -0.39 is 56.2 Å². The number of nitrogens with one attached hydrogen (secondary N) is 3. The Bertz CT molecular complexity index is 1540. The van der Waals surface area contributed by atoms with Crippen LogP contribution >= 0.6 is 0 Å². The number of rotatable bonds is 9. The zero-order valence-electron chi connectivity index (χ0n) is 27.0. The van der Waals surface area contributed by atoms with Gasteiger partial charge >= 0.3 is 0 Å². The first-order valence-corrected chi connectivity index (χ1v) is 18.4. The van der Waals surface area contributed by atoms with Crippen LogP contribution in [0, 0.1) is 11.3 Å². The van der Waals surface area contributed by atoms with E-state index in [1.54, 1.807) is 18.3 Å². The van der Waals surface area contributed by atoms with Crippen molar-refractivity contribution in [3.05, 3.63) is 30.5 Å². The summed E-state index contributed by atoms with van der Waals surface area (Å²) in [6, 6.07) is 1.47. The number of hydrogen-bond acceptors (Lipinski definition) is 9. The summed E-state index contributed by atoms with van der Waals surface area (Å²) in [5.74, 6) is -1.42. The maximum absolute atomic E-state index is 14.3. The molecule has 14 heteroatoms. The summed E-state index contributed by atoms with van der Waals surface area (Å²) in [7, 11) is -3.85. The zero-order chi connectivity index (χ0) is 33.4. The fourth-order valence-corrected chi connectivity index (χ4v) is 7.84. The van der Waals surface area contributed by atoms with Gasteiger partial charge in [0.25, 0.3) is 5.91 Å². The van der Waals surface area contributed by atoms with E-state index in [-0.39, 0.29) is 37.1 Å². The Labute approximate surface area is 275 Å². The van der Waals surface area contributed by atoms with Gasteiger partial charge in [-0.15, -0.1) is 0 Å². The van der Waals surface area contributed by atoms with Gasteiger partial charge in [-0.2, -0.15) is 0 Å². The van der Waals surface area contributed by atoms with Crippen molar-refractivity contribution in [3.63, 3.8) is 0 Å². The smallest absolute Gasteiger partial charge is 0.259 e. The van der Waals surface area contributed by atoms with E-state index in [0.29, 0.717) is 43.9 Å². The van der Waals surface area contributed by atoms with Crippen molar-refractivity contribution in [2.24, 2.45) is 11.3 Å². The Kier molecular flexibility index (Phi) is 9.25. The lowest BCUT2D eigenvalue weighted by Crippen LogP contribution is -2.58. The Hall–Kier alpha value is -3.68. The maximum Gasteiger partial charge on any atom is 0.259 e. The molecule has 3 N–H and O–H groups in total. The highest BCUT2D eigenvalue weighted by molar-refractivity contribution is 7.91. The molecule has 2 aliphatic heterocycles. The molecule has 1 saturated heterocycles. The van der Waals surface area contributed by atoms with Gasteiger partial charge in [-0.3, -0.25) is 23.9 Å². The van der Waals surface area contributed by atoms with Crippen LogP contribution in [0.4, 0.5) is 0 Å². The molecule has 0 bridgehead atoms. The molecule has 1 aromatic heterocycles. The van der Waals surface area contributed by atoms with Gasteiger partial charge in [0.2, 0.25) is 33.6 Å². The number of fused-ring (bicyclic) bond motifs is 2. The number of carbonyl (C=O) groups is 4. The Balaban J connectivity index is 1.27. The van der Waals surface area contributed by atoms with Crippen LogP contribution in [-0.2, 0) is 29.2 Å². The van der Waals surface area contributed by atoms with Gasteiger partial charge in [0.05, 0.1) is 18.4 Å². The summed E-state index contributed by atoms with van der Waals surface area (Å²) in [4.78, 5) is 60.7. The van der Waals surface area contributed by atoms with Crippen LogP contribution in [0.1, 0.15) is 84.5 Å². The lowest BCUT2D eigenvalue weighted by molar-refractivity contribution is -0.143. The van der Waals surface area contributed by atoms with Crippen LogP contribution in [0.3, 0.4) is 0 Å². The van der Waals surface area contributed by atoms with E-state index in [9.17, 15) is 27.6 Å². The number of allylic oxidation sites excluding steroid dienone is 1. The molecule has 4 amide bonds. The average molecular weight is 672 g/mol. The number of hydrogen-bond donors (Lipinski definition) is 3. The Morgan fingerprint density at radius 3 is 2.64 bits per heavy atom. The number of nitrogens with zero attached hydrogens (tertiary/aromatic N) is 2. The Morgan fingerprint density at radius 2 is 1.91 bits per heavy atom. The highest BCUT2D eigenvalue weighted by Gasteiger charge is 2.62. The van der Waals surface area contributed by atoms with Gasteiger partial charge in [-0.05, 0) is 64.4 Å². The molecule has 6 rings (SSSR count). The second-order valence-electron chi connectivity index (χ2n) is 13.8. The summed E-state index contributed by atoms with van der Waals surface area (Å²) in [5.41, 5.74) is -1.94. The molecule has 13 nitrogen and oxygen atoms in total. The number of carbonyl (C=O) groups excluding carboxylic acids is 4. The average Bonchev–Trinajstić information content (AvgIpc) is 3.95. The van der Waals surface area contributed by atoms with E-state index in [1.165, 1.54) is 4.90 Å². The molecule has 5 atom stereocenters. The molecule has 1 aromatic rings. The van der Waals surface area contributed by atoms with E-state index in [4.69, 9.17) is 9.47 Å². The van der Waals surface area contributed by atoms with E-state index in [1.807, 2.05) is 26.0 Å². The Morgan fingerprint density at radius 1 is 1.13 bits per heavy atom. The van der Waals surface area contributed by atoms with Crippen LogP contribution in [0.25, 0.3) is 0 Å². The van der Waals surface area contributed by atoms with Gasteiger partial charge in [0, 0.05) is 30.0 Å². The van der Waals surface area contributed by atoms with Gasteiger partial charge in [0.1, 0.15) is 29.5 Å². The summed E-state index contributed by atoms with van der Waals surface area (Å²) in [6.07, 6.45) is 11.2. The zero-order valence-corrected chi connectivity index (χ0v) is 27.9. The lowest BCUT2D eigenvalue weighted by Gasteiger charge is -2.30. The standard InChI is InChI=1S/C33H45N5O8S/c1-3-45-27-18-22(13-16-34-27)46-23-17-26-28(39)36-33(31(42)37-47(43,44)24-11-12-24)19-21(33)9-7-5-4-6-8-10-25(29(40)38(26)20-23)35-30(41)32(2)14-15-32/h7,9,13,16,18,21,23-26H,3-6,8,10-12,14-15,17,19-20H2,1-2H3,(H,35,41)(H,36,39)(H,37,42)/b9-7-/t21-,23-,25+,26+,33-/m1/s1. The van der Waals surface area contributed by atoms with Crippen molar-refractivity contribution in [1.82, 2.24) is 25.2 Å². The first kappa shape index (κ1) is 33.2. The third-order valence-electron chi connectivity index (χ3n) is 10.00. The topological polar surface area (TPSA) is 173 Å². The molecule has 0 radical (unpaired) electrons. The van der Waals surface area contributed by atoms with Gasteiger partial charge < -0.3 is 25.0 Å². The largest absolute Gasteiger partial charge is 0.488 e. The maximum atomic E-state index is 14.3. The van der Waals surface area contributed by atoms with E-state index in [2.05, 4.69) is 20.3 Å². The predicted octanol–water partition coefficient (Wildman–Crippen LogP) is 2.12. The predicted molar refractivity (Wildman–Crippen MR) is 171 cm³/mol. The minimum Gasteiger partial charge on any atom is -0.488 e. The molecule has 47 heavy (non-hydrogen) atoms. The highest BCUT2D eigenvalue weighted by Crippen LogP contribution is 2.47. The van der Waals surface area contributed by atoms with Gasteiger partial charge in [-0.1, -0.05) is 31.9 Å². The van der Waals surface area contributed by atoms with Crippen LogP contribution in [-0.4, -0.2) is 84.1 Å². The molecular weight excluding hydrogens is 626 g/mol. The van der Waals surface area contributed by atoms with Crippen LogP contribution in [0.2, 0.25) is 0 Å². The molecule has 3 saturated carbocycles. The fraction of sp³-hybridized carbons (Fsp3) is 0.667. The first-order chi connectivity index (χ1) is 22.4. The first-order valence-electron chi connectivity index (χ1n) is 16.9. The monoisotopic (exact) mass is 671 g/mol. The molecule has 0 unspecified atom stereocenters. The summed E-state index contributed by atoms with van der Waals surface area (Å²) in [6.45, 7) is 4.22. The van der Waals surface area contributed by atoms with Crippen LogP contribution < -0.4 is 24.8 Å². The molecule has 5 aliphatic rings. The number of pyridine rings is 1. The second-order valence-corrected chi connectivity index (χ2v) is 15.8. The summed E-state index contributed by atoms with van der Waals surface area (Å²) < 4.78 is 39.4. The van der Waals surface area contributed by atoms with Gasteiger partial charge in [0.15, 0.2) is 0 Å². The van der Waals surface area contributed by atoms with Crippen LogP contribution in [0.5, 0.6) is 11.6 Å². The molecule has 0 aromatic carbocycles. The third-order valence-corrected chi connectivity index (χ3v) is 11.8. The van der Waals surface area contributed by atoms with Crippen molar-refractivity contribution in [3.8, 4) is 11.6 Å². The molecule has 0 spiro atoms. The van der Waals surface area contributed by atoms with Gasteiger partial charge in [-0.25, -0.2) is 13.4 Å².